The highest BCUT2D eigenvalue weighted by Crippen LogP contribution is 2.26. The molecule has 0 heterocycles. The van der Waals surface area contributed by atoms with Gasteiger partial charge in [-0.05, 0) is 31.5 Å². The van der Waals surface area contributed by atoms with Gasteiger partial charge >= 0.3 is 5.97 Å². The molecular weight excluding hydrogens is 216 g/mol. The molecule has 1 unspecified atom stereocenters. The molecule has 3 nitrogen and oxygen atoms in total. The summed E-state index contributed by atoms with van der Waals surface area (Å²) in [5, 5.41) is 0.491. The molecule has 1 aromatic rings. The Morgan fingerprint density at radius 2 is 2.13 bits per heavy atom. The Labute approximate surface area is 93.9 Å². The van der Waals surface area contributed by atoms with E-state index in [1.54, 1.807) is 19.1 Å². The van der Waals surface area contributed by atoms with Gasteiger partial charge in [-0.2, -0.15) is 0 Å². The highest BCUT2D eigenvalue weighted by molar-refractivity contribution is 6.32. The van der Waals surface area contributed by atoms with Gasteiger partial charge in [-0.25, -0.2) is 4.79 Å². The topological polar surface area (TPSA) is 35.5 Å². The Kier molecular flexibility index (Phi) is 3.97. The first-order valence-electron chi connectivity index (χ1n) is 4.55. The number of esters is 1. The zero-order valence-corrected chi connectivity index (χ0v) is 9.67. The third-order valence-corrected chi connectivity index (χ3v) is 2.22. The van der Waals surface area contributed by atoms with Gasteiger partial charge in [0.15, 0.2) is 6.10 Å². The predicted octanol–water partition coefficient (Wildman–Crippen LogP) is 2.59. The Morgan fingerprint density at radius 3 is 2.67 bits per heavy atom. The van der Waals surface area contributed by atoms with Crippen LogP contribution in [0.2, 0.25) is 5.02 Å². The minimum absolute atomic E-state index is 0.424. The van der Waals surface area contributed by atoms with Gasteiger partial charge in [0.1, 0.15) is 5.75 Å². The molecule has 0 aliphatic heterocycles. The van der Waals surface area contributed by atoms with Crippen LogP contribution in [0.3, 0.4) is 0 Å². The number of ether oxygens (including phenoxy) is 2. The molecule has 1 atom stereocenters. The fraction of sp³-hybridized carbons (Fsp3) is 0.364. The van der Waals surface area contributed by atoms with E-state index in [1.165, 1.54) is 7.11 Å². The minimum Gasteiger partial charge on any atom is -0.477 e. The number of halogens is 1. The number of rotatable bonds is 3. The molecule has 0 saturated carbocycles. The zero-order chi connectivity index (χ0) is 11.4. The van der Waals surface area contributed by atoms with Crippen molar-refractivity contribution in [1.82, 2.24) is 0 Å². The van der Waals surface area contributed by atoms with Gasteiger partial charge in [0, 0.05) is 0 Å². The fourth-order valence-electron chi connectivity index (χ4n) is 1.11. The quantitative estimate of drug-likeness (QED) is 0.746. The fourth-order valence-corrected chi connectivity index (χ4v) is 1.39. The molecule has 0 amide bonds. The largest absolute Gasteiger partial charge is 0.477 e. The van der Waals surface area contributed by atoms with Gasteiger partial charge < -0.3 is 9.47 Å². The normalized spacial score (nSPS) is 12.0. The van der Waals surface area contributed by atoms with E-state index in [9.17, 15) is 4.79 Å². The second kappa shape index (κ2) is 5.03. The van der Waals surface area contributed by atoms with Gasteiger partial charge in [-0.1, -0.05) is 17.7 Å². The molecule has 0 radical (unpaired) electrons. The van der Waals surface area contributed by atoms with E-state index in [1.807, 2.05) is 13.0 Å². The summed E-state index contributed by atoms with van der Waals surface area (Å²) in [6.45, 7) is 3.54. The number of aryl methyl sites for hydroxylation is 1. The van der Waals surface area contributed by atoms with E-state index in [0.29, 0.717) is 10.8 Å². The summed E-state index contributed by atoms with van der Waals surface area (Å²) in [6, 6.07) is 5.38. The van der Waals surface area contributed by atoms with Crippen LogP contribution in [0.1, 0.15) is 12.5 Å². The molecule has 15 heavy (non-hydrogen) atoms. The standard InChI is InChI=1S/C11H13ClO3/c1-7-4-5-10(9(12)6-7)15-8(2)11(13)14-3/h4-6,8H,1-3H3. The number of methoxy groups -OCH3 is 1. The Morgan fingerprint density at radius 1 is 1.47 bits per heavy atom. The van der Waals surface area contributed by atoms with Crippen LogP contribution in [0.4, 0.5) is 0 Å². The number of benzene rings is 1. The van der Waals surface area contributed by atoms with Gasteiger partial charge in [0.05, 0.1) is 12.1 Å². The van der Waals surface area contributed by atoms with Crippen LogP contribution >= 0.6 is 11.6 Å². The summed E-state index contributed by atoms with van der Waals surface area (Å²) >= 11 is 5.94. The molecule has 0 bridgehead atoms. The monoisotopic (exact) mass is 228 g/mol. The van der Waals surface area contributed by atoms with Gasteiger partial charge in [0.2, 0.25) is 0 Å². The minimum atomic E-state index is -0.657. The van der Waals surface area contributed by atoms with Crippen molar-refractivity contribution in [2.24, 2.45) is 0 Å². The maximum absolute atomic E-state index is 11.1. The molecule has 0 aromatic heterocycles. The predicted molar refractivity (Wildman–Crippen MR) is 58.3 cm³/mol. The van der Waals surface area contributed by atoms with Crippen molar-refractivity contribution in [3.8, 4) is 5.75 Å². The van der Waals surface area contributed by atoms with E-state index >= 15 is 0 Å². The maximum atomic E-state index is 11.1. The smallest absolute Gasteiger partial charge is 0.346 e. The lowest BCUT2D eigenvalue weighted by molar-refractivity contribution is -0.147. The van der Waals surface area contributed by atoms with E-state index < -0.39 is 12.1 Å². The highest BCUT2D eigenvalue weighted by Gasteiger charge is 2.15. The molecule has 0 aliphatic rings. The molecule has 4 heteroatoms. The van der Waals surface area contributed by atoms with E-state index in [0.717, 1.165) is 5.56 Å². The lowest BCUT2D eigenvalue weighted by atomic mass is 10.2. The lowest BCUT2D eigenvalue weighted by Gasteiger charge is -2.13. The average Bonchev–Trinajstić information content (AvgIpc) is 2.20. The van der Waals surface area contributed by atoms with Crippen molar-refractivity contribution in [3.63, 3.8) is 0 Å². The van der Waals surface area contributed by atoms with Crippen molar-refractivity contribution in [2.45, 2.75) is 20.0 Å². The van der Waals surface area contributed by atoms with E-state index in [4.69, 9.17) is 16.3 Å². The van der Waals surface area contributed by atoms with Crippen LogP contribution in [0.15, 0.2) is 18.2 Å². The van der Waals surface area contributed by atoms with Crippen molar-refractivity contribution in [1.29, 1.82) is 0 Å². The SMILES string of the molecule is COC(=O)C(C)Oc1ccc(C)cc1Cl. The summed E-state index contributed by atoms with van der Waals surface area (Å²) in [5.41, 5.74) is 1.04. The van der Waals surface area contributed by atoms with Gasteiger partial charge in [-0.15, -0.1) is 0 Å². The van der Waals surface area contributed by atoms with Crippen molar-refractivity contribution in [3.05, 3.63) is 28.8 Å². The number of carbonyl (C=O) groups excluding carboxylic acids is 1. The third kappa shape index (κ3) is 3.13. The second-order valence-electron chi connectivity index (χ2n) is 3.22. The second-order valence-corrected chi connectivity index (χ2v) is 3.62. The van der Waals surface area contributed by atoms with Crippen LogP contribution in [0.25, 0.3) is 0 Å². The van der Waals surface area contributed by atoms with Crippen molar-refractivity contribution < 1.29 is 14.3 Å². The molecule has 0 fully saturated rings. The summed E-state index contributed by atoms with van der Waals surface area (Å²) in [6.07, 6.45) is -0.657. The molecule has 82 valence electrons. The summed E-state index contributed by atoms with van der Waals surface area (Å²) in [5.74, 6) is 0.0619. The molecule has 0 aliphatic carbocycles. The summed E-state index contributed by atoms with van der Waals surface area (Å²) in [7, 11) is 1.32. The Bertz CT molecular complexity index is 363. The molecular formula is C11H13ClO3. The van der Waals surface area contributed by atoms with Crippen molar-refractivity contribution >= 4 is 17.6 Å². The molecule has 1 aromatic carbocycles. The van der Waals surface area contributed by atoms with Gasteiger partial charge in [-0.3, -0.25) is 0 Å². The van der Waals surface area contributed by atoms with Crippen LogP contribution in [-0.4, -0.2) is 19.2 Å². The van der Waals surface area contributed by atoms with Crippen LogP contribution < -0.4 is 4.74 Å². The summed E-state index contributed by atoms with van der Waals surface area (Å²) < 4.78 is 9.89. The lowest BCUT2D eigenvalue weighted by Crippen LogP contribution is -2.24. The summed E-state index contributed by atoms with van der Waals surface area (Å²) in [4.78, 5) is 11.1. The van der Waals surface area contributed by atoms with E-state index in [-0.39, 0.29) is 0 Å². The maximum Gasteiger partial charge on any atom is 0.346 e. The molecule has 0 N–H and O–H groups in total. The Balaban J connectivity index is 2.76. The third-order valence-electron chi connectivity index (χ3n) is 1.92. The van der Waals surface area contributed by atoms with Crippen LogP contribution in [-0.2, 0) is 9.53 Å². The molecule has 1 rings (SSSR count). The van der Waals surface area contributed by atoms with Gasteiger partial charge in [0.25, 0.3) is 0 Å². The van der Waals surface area contributed by atoms with E-state index in [2.05, 4.69) is 4.74 Å². The number of hydrogen-bond acceptors (Lipinski definition) is 3. The first-order valence-corrected chi connectivity index (χ1v) is 4.93. The first kappa shape index (κ1) is 11.9. The highest BCUT2D eigenvalue weighted by atomic mass is 35.5. The van der Waals surface area contributed by atoms with Crippen LogP contribution in [0, 0.1) is 6.92 Å². The number of hydrogen-bond donors (Lipinski definition) is 0. The number of carbonyl (C=O) groups is 1. The average molecular weight is 229 g/mol. The molecule has 0 spiro atoms. The van der Waals surface area contributed by atoms with Crippen LogP contribution in [0.5, 0.6) is 5.75 Å². The molecule has 0 saturated heterocycles. The zero-order valence-electron chi connectivity index (χ0n) is 8.91. The Hall–Kier alpha value is -1.22. The first-order chi connectivity index (χ1) is 7.04. The van der Waals surface area contributed by atoms with Crippen molar-refractivity contribution in [2.75, 3.05) is 7.11 Å².